The minimum absolute atomic E-state index is 0.0196. The highest BCUT2D eigenvalue weighted by Gasteiger charge is 2.30. The van der Waals surface area contributed by atoms with Crippen LogP contribution < -0.4 is 14.8 Å². The average Bonchev–Trinajstić information content (AvgIpc) is 2.61. The largest absolute Gasteiger partial charge is 0.486 e. The summed E-state index contributed by atoms with van der Waals surface area (Å²) in [5, 5.41) is 2.81. The van der Waals surface area contributed by atoms with Crippen molar-refractivity contribution in [1.82, 2.24) is 14.5 Å². The van der Waals surface area contributed by atoms with Crippen LogP contribution in [0, 0.1) is 0 Å². The number of hydrogen-bond acceptors (Lipinski definition) is 6. The van der Waals surface area contributed by atoms with Crippen LogP contribution in [0.1, 0.15) is 0 Å². The Hall–Kier alpha value is -1.84. The van der Waals surface area contributed by atoms with Gasteiger partial charge in [-0.2, -0.15) is 4.31 Å². The van der Waals surface area contributed by atoms with Crippen LogP contribution >= 0.6 is 0 Å². The molecular weight excluding hydrogens is 334 g/mol. The molecule has 8 nitrogen and oxygen atoms in total. The number of fused-ring (bicyclic) bond motifs is 1. The van der Waals surface area contributed by atoms with Crippen molar-refractivity contribution in [3.63, 3.8) is 0 Å². The van der Waals surface area contributed by atoms with Crippen molar-refractivity contribution in [1.29, 1.82) is 0 Å². The number of rotatable bonds is 4. The molecule has 0 spiro atoms. The number of hydrogen-bond donors (Lipinski definition) is 1. The Kier molecular flexibility index (Phi) is 4.93. The molecule has 1 N–H and O–H groups in total. The number of nitrogens with one attached hydrogen (secondary N) is 1. The second-order valence-corrected chi connectivity index (χ2v) is 7.56. The van der Waals surface area contributed by atoms with Crippen LogP contribution in [0.5, 0.6) is 11.5 Å². The molecule has 0 unspecified atom stereocenters. The monoisotopic (exact) mass is 355 g/mol. The Balaban J connectivity index is 1.71. The van der Waals surface area contributed by atoms with E-state index in [2.05, 4.69) is 5.32 Å². The van der Waals surface area contributed by atoms with Crippen LogP contribution in [0.25, 0.3) is 0 Å². The molecule has 0 bridgehead atoms. The quantitative estimate of drug-likeness (QED) is 0.784. The molecule has 2 aliphatic heterocycles. The van der Waals surface area contributed by atoms with E-state index in [-0.39, 0.29) is 30.4 Å². The fourth-order valence-corrected chi connectivity index (χ4v) is 4.21. The Morgan fingerprint density at radius 1 is 1.12 bits per heavy atom. The third kappa shape index (κ3) is 3.33. The lowest BCUT2D eigenvalue weighted by molar-refractivity contribution is -0.131. The van der Waals surface area contributed by atoms with Crippen molar-refractivity contribution in [3.05, 3.63) is 18.2 Å². The van der Waals surface area contributed by atoms with Crippen LogP contribution in [0.3, 0.4) is 0 Å². The van der Waals surface area contributed by atoms with Crippen molar-refractivity contribution < 1.29 is 22.7 Å². The van der Waals surface area contributed by atoms with Gasteiger partial charge in [-0.3, -0.25) is 4.79 Å². The van der Waals surface area contributed by atoms with E-state index in [4.69, 9.17) is 9.47 Å². The zero-order chi connectivity index (χ0) is 17.2. The Morgan fingerprint density at radius 3 is 2.46 bits per heavy atom. The number of sulfonamides is 1. The van der Waals surface area contributed by atoms with Crippen LogP contribution in [0.15, 0.2) is 23.1 Å². The number of piperazine rings is 1. The summed E-state index contributed by atoms with van der Waals surface area (Å²) in [5.41, 5.74) is 0. The summed E-state index contributed by atoms with van der Waals surface area (Å²) < 4.78 is 37.9. The molecule has 0 aliphatic carbocycles. The van der Waals surface area contributed by atoms with E-state index >= 15 is 0 Å². The maximum absolute atomic E-state index is 12.8. The second kappa shape index (κ2) is 6.96. The summed E-state index contributed by atoms with van der Waals surface area (Å²) in [7, 11) is -1.90. The molecular formula is C15H21N3O5S. The number of likely N-dealkylation sites (N-methyl/N-ethyl adjacent to an activating group) is 1. The van der Waals surface area contributed by atoms with Gasteiger partial charge in [-0.25, -0.2) is 8.42 Å². The first-order valence-corrected chi connectivity index (χ1v) is 9.28. The average molecular weight is 355 g/mol. The summed E-state index contributed by atoms with van der Waals surface area (Å²) in [6.07, 6.45) is 0. The topological polar surface area (TPSA) is 88.2 Å². The fourth-order valence-electron chi connectivity index (χ4n) is 2.77. The molecule has 1 aromatic carbocycles. The highest BCUT2D eigenvalue weighted by Crippen LogP contribution is 2.33. The molecule has 1 fully saturated rings. The fraction of sp³-hybridized carbons (Fsp3) is 0.533. The summed E-state index contributed by atoms with van der Waals surface area (Å²) >= 11 is 0. The smallest absolute Gasteiger partial charge is 0.243 e. The van der Waals surface area contributed by atoms with Crippen LogP contribution in [-0.2, 0) is 14.8 Å². The lowest BCUT2D eigenvalue weighted by Gasteiger charge is -2.34. The summed E-state index contributed by atoms with van der Waals surface area (Å²) in [6.45, 7) is 2.48. The van der Waals surface area contributed by atoms with E-state index in [9.17, 15) is 13.2 Å². The minimum Gasteiger partial charge on any atom is -0.486 e. The maximum atomic E-state index is 12.8. The molecule has 3 rings (SSSR count). The molecule has 1 saturated heterocycles. The number of ether oxygens (including phenoxy) is 2. The molecule has 9 heteroatoms. The van der Waals surface area contributed by atoms with Gasteiger partial charge in [0.25, 0.3) is 0 Å². The lowest BCUT2D eigenvalue weighted by atomic mass is 10.3. The molecule has 132 valence electrons. The van der Waals surface area contributed by atoms with E-state index in [0.717, 1.165) is 0 Å². The summed E-state index contributed by atoms with van der Waals surface area (Å²) in [6, 6.07) is 4.65. The number of benzene rings is 1. The van der Waals surface area contributed by atoms with E-state index in [0.29, 0.717) is 37.8 Å². The van der Waals surface area contributed by atoms with E-state index in [1.807, 2.05) is 0 Å². The van der Waals surface area contributed by atoms with E-state index in [1.165, 1.54) is 16.4 Å². The standard InChI is InChI=1S/C15H21N3O5S/c1-16-11-15(19)17-4-6-18(7-5-17)24(20,21)12-2-3-13-14(10-12)23-9-8-22-13/h2-3,10,16H,4-9,11H2,1H3. The third-order valence-corrected chi connectivity index (χ3v) is 5.97. The van der Waals surface area contributed by atoms with Gasteiger partial charge in [-0.15, -0.1) is 0 Å². The van der Waals surface area contributed by atoms with Gasteiger partial charge >= 0.3 is 0 Å². The van der Waals surface area contributed by atoms with Crippen molar-refractivity contribution in [2.45, 2.75) is 4.90 Å². The summed E-state index contributed by atoms with van der Waals surface area (Å²) in [4.78, 5) is 13.7. The summed E-state index contributed by atoms with van der Waals surface area (Å²) in [5.74, 6) is 0.988. The lowest BCUT2D eigenvalue weighted by Crippen LogP contribution is -2.52. The van der Waals surface area contributed by atoms with Crippen molar-refractivity contribution in [2.24, 2.45) is 0 Å². The van der Waals surface area contributed by atoms with Crippen LogP contribution in [0.4, 0.5) is 0 Å². The van der Waals surface area contributed by atoms with Crippen molar-refractivity contribution in [3.8, 4) is 11.5 Å². The maximum Gasteiger partial charge on any atom is 0.243 e. The minimum atomic E-state index is -3.61. The molecule has 0 radical (unpaired) electrons. The van der Waals surface area contributed by atoms with Gasteiger partial charge in [0.05, 0.1) is 11.4 Å². The van der Waals surface area contributed by atoms with Gasteiger partial charge in [0.15, 0.2) is 11.5 Å². The Morgan fingerprint density at radius 2 is 1.79 bits per heavy atom. The highest BCUT2D eigenvalue weighted by molar-refractivity contribution is 7.89. The highest BCUT2D eigenvalue weighted by atomic mass is 32.2. The van der Waals surface area contributed by atoms with Crippen LogP contribution in [0.2, 0.25) is 0 Å². The van der Waals surface area contributed by atoms with Crippen LogP contribution in [-0.4, -0.2) is 76.5 Å². The van der Waals surface area contributed by atoms with Crippen molar-refractivity contribution in [2.75, 3.05) is 53.0 Å². The number of nitrogens with zero attached hydrogens (tertiary/aromatic N) is 2. The SMILES string of the molecule is CNCC(=O)N1CCN(S(=O)(=O)c2ccc3c(c2)OCCO3)CC1. The van der Waals surface area contributed by atoms with Crippen molar-refractivity contribution >= 4 is 15.9 Å². The zero-order valence-corrected chi connectivity index (χ0v) is 14.3. The molecule has 2 heterocycles. The molecule has 0 aromatic heterocycles. The van der Waals surface area contributed by atoms with Gasteiger partial charge < -0.3 is 19.7 Å². The van der Waals surface area contributed by atoms with E-state index < -0.39 is 10.0 Å². The second-order valence-electron chi connectivity index (χ2n) is 5.62. The first kappa shape index (κ1) is 17.0. The molecule has 1 aromatic rings. The molecule has 1 amide bonds. The predicted molar refractivity (Wildman–Crippen MR) is 86.7 cm³/mol. The first-order chi connectivity index (χ1) is 11.5. The number of carbonyl (C=O) groups is 1. The van der Waals surface area contributed by atoms with Gasteiger partial charge in [0.2, 0.25) is 15.9 Å². The van der Waals surface area contributed by atoms with Gasteiger partial charge in [0, 0.05) is 32.2 Å². The first-order valence-electron chi connectivity index (χ1n) is 7.84. The molecule has 0 saturated carbocycles. The van der Waals surface area contributed by atoms with Gasteiger partial charge in [-0.1, -0.05) is 0 Å². The third-order valence-electron chi connectivity index (χ3n) is 4.07. The number of amides is 1. The zero-order valence-electron chi connectivity index (χ0n) is 13.5. The molecule has 2 aliphatic rings. The Bertz CT molecular complexity index is 714. The Labute approximate surface area is 141 Å². The molecule has 24 heavy (non-hydrogen) atoms. The number of carbonyl (C=O) groups excluding carboxylic acids is 1. The van der Waals surface area contributed by atoms with E-state index in [1.54, 1.807) is 18.0 Å². The van der Waals surface area contributed by atoms with Gasteiger partial charge in [-0.05, 0) is 19.2 Å². The van der Waals surface area contributed by atoms with Gasteiger partial charge in [0.1, 0.15) is 13.2 Å². The molecule has 0 atom stereocenters. The normalized spacial score (nSPS) is 18.5. The predicted octanol–water partition coefficient (Wildman–Crippen LogP) is -0.490.